The number of amidine groups is 1. The summed E-state index contributed by atoms with van der Waals surface area (Å²) in [6.07, 6.45) is 2.55. The summed E-state index contributed by atoms with van der Waals surface area (Å²) in [5.41, 5.74) is 7.89. The van der Waals surface area contributed by atoms with Gasteiger partial charge in [0.1, 0.15) is 11.6 Å². The lowest BCUT2D eigenvalue weighted by Crippen LogP contribution is -2.39. The molecular formula is C16H25N3O. The van der Waals surface area contributed by atoms with Crippen LogP contribution in [0.3, 0.4) is 0 Å². The third-order valence-corrected chi connectivity index (χ3v) is 3.94. The van der Waals surface area contributed by atoms with Crippen LogP contribution in [0.25, 0.3) is 0 Å². The molecule has 4 nitrogen and oxygen atoms in total. The molecule has 1 aromatic rings. The summed E-state index contributed by atoms with van der Waals surface area (Å²) >= 11 is 0. The van der Waals surface area contributed by atoms with E-state index >= 15 is 0 Å². The Morgan fingerprint density at radius 2 is 2.20 bits per heavy atom. The van der Waals surface area contributed by atoms with Crippen LogP contribution in [0.2, 0.25) is 0 Å². The highest BCUT2D eigenvalue weighted by Crippen LogP contribution is 2.29. The zero-order valence-electron chi connectivity index (χ0n) is 12.7. The Bertz CT molecular complexity index is 496. The number of hydrogen-bond acceptors (Lipinski definition) is 3. The van der Waals surface area contributed by atoms with E-state index in [4.69, 9.17) is 15.9 Å². The summed E-state index contributed by atoms with van der Waals surface area (Å²) in [4.78, 5) is 2.48. The van der Waals surface area contributed by atoms with Gasteiger partial charge in [-0.2, -0.15) is 0 Å². The van der Waals surface area contributed by atoms with Crippen LogP contribution >= 0.6 is 0 Å². The number of benzene rings is 1. The summed E-state index contributed by atoms with van der Waals surface area (Å²) in [7, 11) is 1.61. The monoisotopic (exact) mass is 275 g/mol. The predicted octanol–water partition coefficient (Wildman–Crippen LogP) is 2.60. The Kier molecular flexibility index (Phi) is 4.33. The summed E-state index contributed by atoms with van der Waals surface area (Å²) in [5, 5.41) is 7.64. The van der Waals surface area contributed by atoms with Crippen LogP contribution in [-0.4, -0.2) is 30.9 Å². The van der Waals surface area contributed by atoms with Crippen molar-refractivity contribution in [2.45, 2.75) is 33.2 Å². The van der Waals surface area contributed by atoms with Crippen molar-refractivity contribution in [3.8, 4) is 5.75 Å². The number of hydrogen-bond donors (Lipinski definition) is 2. The largest absolute Gasteiger partial charge is 0.496 e. The molecule has 2 rings (SSSR count). The molecule has 1 fully saturated rings. The third-order valence-electron chi connectivity index (χ3n) is 3.94. The fraction of sp³-hybridized carbons (Fsp3) is 0.562. The minimum Gasteiger partial charge on any atom is -0.496 e. The first kappa shape index (κ1) is 14.9. The lowest BCUT2D eigenvalue weighted by Gasteiger charge is -2.38. The van der Waals surface area contributed by atoms with E-state index in [1.165, 1.54) is 18.4 Å². The maximum atomic E-state index is 7.64. The van der Waals surface area contributed by atoms with Crippen LogP contribution in [0.1, 0.15) is 37.8 Å². The molecule has 3 N–H and O–H groups in total. The number of piperidine rings is 1. The summed E-state index contributed by atoms with van der Waals surface area (Å²) in [5.74, 6) is 0.725. The van der Waals surface area contributed by atoms with Gasteiger partial charge in [0.15, 0.2) is 0 Å². The fourth-order valence-electron chi connectivity index (χ4n) is 3.00. The van der Waals surface area contributed by atoms with Crippen LogP contribution in [0.4, 0.5) is 0 Å². The first-order chi connectivity index (χ1) is 9.41. The molecule has 1 saturated heterocycles. The van der Waals surface area contributed by atoms with Crippen molar-refractivity contribution in [3.63, 3.8) is 0 Å². The van der Waals surface area contributed by atoms with Gasteiger partial charge in [0, 0.05) is 13.1 Å². The van der Waals surface area contributed by atoms with Crippen molar-refractivity contribution in [2.24, 2.45) is 11.1 Å². The molecule has 0 radical (unpaired) electrons. The summed E-state index contributed by atoms with van der Waals surface area (Å²) < 4.78 is 5.25. The second-order valence-electron chi connectivity index (χ2n) is 6.43. The lowest BCUT2D eigenvalue weighted by molar-refractivity contribution is 0.111. The highest BCUT2D eigenvalue weighted by molar-refractivity contribution is 5.97. The maximum Gasteiger partial charge on any atom is 0.129 e. The number of nitrogens with one attached hydrogen (secondary N) is 1. The van der Waals surface area contributed by atoms with E-state index in [-0.39, 0.29) is 5.84 Å². The van der Waals surface area contributed by atoms with E-state index < -0.39 is 0 Å². The van der Waals surface area contributed by atoms with Gasteiger partial charge in [-0.1, -0.05) is 19.9 Å². The first-order valence-electron chi connectivity index (χ1n) is 7.15. The minimum atomic E-state index is 0.0580. The van der Waals surface area contributed by atoms with Gasteiger partial charge < -0.3 is 10.5 Å². The molecule has 1 heterocycles. The fourth-order valence-corrected chi connectivity index (χ4v) is 3.00. The van der Waals surface area contributed by atoms with Gasteiger partial charge in [0.2, 0.25) is 0 Å². The van der Waals surface area contributed by atoms with Crippen molar-refractivity contribution in [1.82, 2.24) is 4.90 Å². The molecule has 0 aromatic heterocycles. The molecule has 0 saturated carbocycles. The molecule has 4 heteroatoms. The summed E-state index contributed by atoms with van der Waals surface area (Å²) in [6, 6.07) is 5.94. The van der Waals surface area contributed by atoms with E-state index in [0.717, 1.165) is 19.6 Å². The van der Waals surface area contributed by atoms with Gasteiger partial charge in [-0.25, -0.2) is 0 Å². The zero-order valence-corrected chi connectivity index (χ0v) is 12.7. The van der Waals surface area contributed by atoms with E-state index in [1.807, 2.05) is 12.1 Å². The van der Waals surface area contributed by atoms with Gasteiger partial charge in [-0.15, -0.1) is 0 Å². The zero-order chi connectivity index (χ0) is 14.8. The Morgan fingerprint density at radius 1 is 1.45 bits per heavy atom. The SMILES string of the molecule is COc1ccc(CN2CCCC(C)(C)C2)cc1C(=N)N. The maximum absolute atomic E-state index is 7.64. The molecule has 110 valence electrons. The van der Waals surface area contributed by atoms with Crippen molar-refractivity contribution < 1.29 is 4.74 Å². The van der Waals surface area contributed by atoms with Gasteiger partial charge in [-0.3, -0.25) is 10.3 Å². The molecule has 0 unspecified atom stereocenters. The second-order valence-corrected chi connectivity index (χ2v) is 6.43. The normalized spacial score (nSPS) is 18.8. The van der Waals surface area contributed by atoms with Crippen molar-refractivity contribution in [2.75, 3.05) is 20.2 Å². The average Bonchev–Trinajstić information content (AvgIpc) is 2.37. The average molecular weight is 275 g/mol. The van der Waals surface area contributed by atoms with Crippen LogP contribution in [0.15, 0.2) is 18.2 Å². The lowest BCUT2D eigenvalue weighted by atomic mass is 9.84. The quantitative estimate of drug-likeness (QED) is 0.656. The number of methoxy groups -OCH3 is 1. The molecular weight excluding hydrogens is 250 g/mol. The van der Waals surface area contributed by atoms with Crippen molar-refractivity contribution >= 4 is 5.84 Å². The molecule has 0 atom stereocenters. The number of likely N-dealkylation sites (tertiary alicyclic amines) is 1. The Balaban J connectivity index is 2.13. The molecule has 0 aliphatic carbocycles. The smallest absolute Gasteiger partial charge is 0.129 e. The topological polar surface area (TPSA) is 62.3 Å². The van der Waals surface area contributed by atoms with Crippen LogP contribution in [0.5, 0.6) is 5.75 Å². The molecule has 0 amide bonds. The van der Waals surface area contributed by atoms with Crippen molar-refractivity contribution in [3.05, 3.63) is 29.3 Å². The van der Waals surface area contributed by atoms with E-state index in [2.05, 4.69) is 24.8 Å². The van der Waals surface area contributed by atoms with E-state index in [1.54, 1.807) is 7.11 Å². The van der Waals surface area contributed by atoms with Crippen molar-refractivity contribution in [1.29, 1.82) is 5.41 Å². The third kappa shape index (κ3) is 3.51. The molecule has 0 spiro atoms. The number of nitrogens with zero attached hydrogens (tertiary/aromatic N) is 1. The van der Waals surface area contributed by atoms with Gasteiger partial charge in [-0.05, 0) is 42.5 Å². The predicted molar refractivity (Wildman–Crippen MR) is 82.3 cm³/mol. The number of ether oxygens (including phenoxy) is 1. The standard InChI is InChI=1S/C16H25N3O/c1-16(2)7-4-8-19(11-16)10-12-5-6-14(20-3)13(9-12)15(17)18/h5-6,9H,4,7-8,10-11H2,1-3H3,(H3,17,18). The van der Waals surface area contributed by atoms with Crippen LogP contribution in [-0.2, 0) is 6.54 Å². The highest BCUT2D eigenvalue weighted by atomic mass is 16.5. The van der Waals surface area contributed by atoms with Gasteiger partial charge in [0.05, 0.1) is 12.7 Å². The molecule has 0 bridgehead atoms. The van der Waals surface area contributed by atoms with E-state index in [9.17, 15) is 0 Å². The Morgan fingerprint density at radius 3 is 2.80 bits per heavy atom. The minimum absolute atomic E-state index is 0.0580. The molecule has 20 heavy (non-hydrogen) atoms. The molecule has 1 aromatic carbocycles. The van der Waals surface area contributed by atoms with E-state index in [0.29, 0.717) is 16.7 Å². The molecule has 1 aliphatic rings. The number of rotatable bonds is 4. The van der Waals surface area contributed by atoms with Crippen LogP contribution < -0.4 is 10.5 Å². The highest BCUT2D eigenvalue weighted by Gasteiger charge is 2.26. The number of nitrogen functional groups attached to an aromatic ring is 1. The second kappa shape index (κ2) is 5.83. The first-order valence-corrected chi connectivity index (χ1v) is 7.15. The van der Waals surface area contributed by atoms with Crippen LogP contribution in [0, 0.1) is 10.8 Å². The Hall–Kier alpha value is -1.55. The summed E-state index contributed by atoms with van der Waals surface area (Å²) in [6.45, 7) is 7.83. The molecule has 1 aliphatic heterocycles. The number of nitrogens with two attached hydrogens (primary N) is 1. The Labute approximate surface area is 121 Å². The van der Waals surface area contributed by atoms with Gasteiger partial charge in [0.25, 0.3) is 0 Å². The van der Waals surface area contributed by atoms with Gasteiger partial charge >= 0.3 is 0 Å².